The summed E-state index contributed by atoms with van der Waals surface area (Å²) in [6.45, 7) is 17.8. The summed E-state index contributed by atoms with van der Waals surface area (Å²) in [5, 5.41) is 4.15. The summed E-state index contributed by atoms with van der Waals surface area (Å²) in [6.07, 6.45) is 22.9. The molecule has 1 amide bonds. The Balaban J connectivity index is 1.22. The second kappa shape index (κ2) is 19.4. The van der Waals surface area contributed by atoms with Gasteiger partial charge in [-0.15, -0.1) is 0 Å². The van der Waals surface area contributed by atoms with Crippen molar-refractivity contribution in [2.75, 3.05) is 45.0 Å². The Morgan fingerprint density at radius 3 is 2.47 bits per heavy atom. The number of unbranched alkanes of at least 4 members (excludes halogenated alkanes) is 1. The van der Waals surface area contributed by atoms with Gasteiger partial charge in [0, 0.05) is 30.5 Å². The van der Waals surface area contributed by atoms with E-state index in [2.05, 4.69) is 61.7 Å². The van der Waals surface area contributed by atoms with Crippen molar-refractivity contribution in [2.45, 2.75) is 143 Å². The minimum atomic E-state index is 0.309. The lowest BCUT2D eigenvalue weighted by molar-refractivity contribution is -0.130. The number of amides is 1. The zero-order valence-corrected chi connectivity index (χ0v) is 32.8. The molecule has 0 aromatic rings. The zero-order valence-electron chi connectivity index (χ0n) is 31.2. The predicted octanol–water partition coefficient (Wildman–Crippen LogP) is 9.06. The molecule has 272 valence electrons. The molecule has 3 saturated carbocycles. The number of carbonyl (C=O) groups excluding carboxylic acids is 1. The summed E-state index contributed by atoms with van der Waals surface area (Å²) in [5.74, 6) is 6.64. The first-order valence-corrected chi connectivity index (χ1v) is 22.4. The quantitative estimate of drug-likeness (QED) is 0.0633. The molecule has 8 atom stereocenters. The fraction of sp³-hybridized carbons (Fsp3) is 0.925. The van der Waals surface area contributed by atoms with E-state index in [9.17, 15) is 4.79 Å². The maximum absolute atomic E-state index is 13.1. The zero-order chi connectivity index (χ0) is 33.9. The van der Waals surface area contributed by atoms with Gasteiger partial charge >= 0.3 is 0 Å². The highest BCUT2D eigenvalue weighted by molar-refractivity contribution is 8.76. The second-order valence-electron chi connectivity index (χ2n) is 16.9. The average Bonchev–Trinajstić information content (AvgIpc) is 3.41. The van der Waals surface area contributed by atoms with E-state index >= 15 is 0 Å². The number of nitrogens with two attached hydrogens (primary N) is 2. The van der Waals surface area contributed by atoms with Crippen molar-refractivity contribution in [3.63, 3.8) is 0 Å². The van der Waals surface area contributed by atoms with Gasteiger partial charge in [0.2, 0.25) is 5.91 Å². The highest BCUT2D eigenvalue weighted by atomic mass is 33.1. The van der Waals surface area contributed by atoms with Gasteiger partial charge in [-0.05, 0) is 150 Å². The van der Waals surface area contributed by atoms with E-state index in [1.54, 1.807) is 5.57 Å². The van der Waals surface area contributed by atoms with E-state index in [0.717, 1.165) is 99.7 Å². The highest BCUT2D eigenvalue weighted by Gasteiger charge is 2.59. The third-order valence-electron chi connectivity index (χ3n) is 13.4. The van der Waals surface area contributed by atoms with Crippen LogP contribution in [0.5, 0.6) is 0 Å². The van der Waals surface area contributed by atoms with Crippen LogP contribution in [0.1, 0.15) is 137 Å². The van der Waals surface area contributed by atoms with Crippen molar-refractivity contribution >= 4 is 27.5 Å². The number of rotatable bonds is 21. The van der Waals surface area contributed by atoms with Crippen LogP contribution in [-0.2, 0) is 4.79 Å². The summed E-state index contributed by atoms with van der Waals surface area (Å²) in [7, 11) is 4.03. The third kappa shape index (κ3) is 10.4. The number of allylic oxidation sites excluding steroid dienone is 2. The summed E-state index contributed by atoms with van der Waals surface area (Å²) >= 11 is 0. The van der Waals surface area contributed by atoms with Gasteiger partial charge in [0.05, 0.1) is 0 Å². The minimum absolute atomic E-state index is 0.309. The summed E-state index contributed by atoms with van der Waals surface area (Å²) in [6, 6.07) is 0. The second-order valence-corrected chi connectivity index (χ2v) is 19.7. The van der Waals surface area contributed by atoms with Crippen LogP contribution >= 0.6 is 21.6 Å². The van der Waals surface area contributed by atoms with E-state index < -0.39 is 0 Å². The van der Waals surface area contributed by atoms with Crippen molar-refractivity contribution in [3.05, 3.63) is 11.6 Å². The first kappa shape index (κ1) is 39.6. The Hall–Kier alpha value is -0.210. The van der Waals surface area contributed by atoms with E-state index in [1.807, 2.05) is 10.8 Å². The predicted molar refractivity (Wildman–Crippen MR) is 208 cm³/mol. The van der Waals surface area contributed by atoms with E-state index in [1.165, 1.54) is 70.6 Å². The van der Waals surface area contributed by atoms with Gasteiger partial charge in [-0.25, -0.2) is 0 Å². The smallest absolute Gasteiger partial charge is 0.223 e. The molecule has 7 heteroatoms. The maximum atomic E-state index is 13.1. The summed E-state index contributed by atoms with van der Waals surface area (Å²) in [4.78, 5) is 15.2. The Labute approximate surface area is 298 Å². The molecule has 4 aliphatic carbocycles. The van der Waals surface area contributed by atoms with Crippen LogP contribution in [0.4, 0.5) is 0 Å². The van der Waals surface area contributed by atoms with Crippen LogP contribution in [-0.4, -0.2) is 61.1 Å². The Morgan fingerprint density at radius 1 is 0.936 bits per heavy atom. The summed E-state index contributed by atoms with van der Waals surface area (Å²) < 4.78 is 0. The van der Waals surface area contributed by atoms with Crippen LogP contribution in [0.3, 0.4) is 0 Å². The summed E-state index contributed by atoms with van der Waals surface area (Å²) in [5.41, 5.74) is 14.2. The van der Waals surface area contributed by atoms with Crippen LogP contribution in [0.2, 0.25) is 0 Å². The molecule has 0 radical (unpaired) electrons. The largest absolute Gasteiger partial charge is 0.343 e. The maximum Gasteiger partial charge on any atom is 0.223 e. The fourth-order valence-electron chi connectivity index (χ4n) is 10.7. The molecule has 0 aliphatic heterocycles. The molecular formula is C40H74N4OS2. The van der Waals surface area contributed by atoms with Crippen LogP contribution < -0.4 is 16.8 Å². The molecule has 0 unspecified atom stereocenters. The molecule has 4 rings (SSSR count). The van der Waals surface area contributed by atoms with Crippen molar-refractivity contribution in [1.29, 1.82) is 0 Å². The van der Waals surface area contributed by atoms with E-state index in [4.69, 9.17) is 11.5 Å². The van der Waals surface area contributed by atoms with Crippen LogP contribution in [0.15, 0.2) is 11.6 Å². The molecule has 0 heterocycles. The monoisotopic (exact) mass is 691 g/mol. The number of fused-ring (bicyclic) bond motifs is 5. The lowest BCUT2D eigenvalue weighted by Gasteiger charge is -2.58. The fourth-order valence-corrected chi connectivity index (χ4v) is 13.3. The lowest BCUT2D eigenvalue weighted by atomic mass is 9.47. The molecule has 0 saturated heterocycles. The van der Waals surface area contributed by atoms with Gasteiger partial charge in [0.15, 0.2) is 0 Å². The van der Waals surface area contributed by atoms with Gasteiger partial charge < -0.3 is 21.7 Å². The Bertz CT molecular complexity index is 976. The highest BCUT2D eigenvalue weighted by Crippen LogP contribution is 2.67. The van der Waals surface area contributed by atoms with Crippen molar-refractivity contribution in [1.82, 2.24) is 10.2 Å². The minimum Gasteiger partial charge on any atom is -0.343 e. The average molecular weight is 691 g/mol. The van der Waals surface area contributed by atoms with Gasteiger partial charge in [0.25, 0.3) is 0 Å². The van der Waals surface area contributed by atoms with Crippen LogP contribution in [0.25, 0.3) is 0 Å². The molecule has 3 fully saturated rings. The SMILES string of the molecule is CC(C)CCC[C@@H](C)[C@H]1CC[C@H]2[C@@H]3CC=C4C[C@@H](SSCCC(=O)N(CCCN)CCCCNCCCN)CC[C@]4(C)[C@H]3CC[C@]12C. The van der Waals surface area contributed by atoms with Gasteiger partial charge in [0.1, 0.15) is 0 Å². The normalized spacial score (nSPS) is 32.4. The van der Waals surface area contributed by atoms with Crippen molar-refractivity contribution in [2.24, 2.45) is 57.8 Å². The van der Waals surface area contributed by atoms with E-state index in [0.29, 0.717) is 35.0 Å². The molecule has 0 aromatic heterocycles. The number of carbonyl (C=O) groups is 1. The number of hydrogen-bond donors (Lipinski definition) is 3. The first-order chi connectivity index (χ1) is 22.6. The van der Waals surface area contributed by atoms with E-state index in [-0.39, 0.29) is 0 Å². The topological polar surface area (TPSA) is 84.4 Å². The molecule has 5 N–H and O–H groups in total. The molecule has 4 aliphatic rings. The van der Waals surface area contributed by atoms with Crippen LogP contribution in [0, 0.1) is 46.3 Å². The third-order valence-corrected chi connectivity index (χ3v) is 16.3. The van der Waals surface area contributed by atoms with Gasteiger partial charge in [-0.2, -0.15) is 0 Å². The van der Waals surface area contributed by atoms with Gasteiger partial charge in [-0.3, -0.25) is 4.79 Å². The molecule has 0 spiro atoms. The number of nitrogens with one attached hydrogen (secondary N) is 1. The Kier molecular flexibility index (Phi) is 16.3. The first-order valence-electron chi connectivity index (χ1n) is 20.0. The standard InChI is InChI=1S/C40H74N4OS2/c1-30(2)11-8-12-31(3)35-15-16-36-34-14-13-32-29-33(17-20-39(32,4)37(34)18-21-40(35,36)5)47-46-28-19-38(45)44(27-10-23-42)26-7-6-24-43-25-9-22-41/h13,30-31,33-37,43H,6-12,14-29,41-42H2,1-5H3/t31-,33+,34+,35-,36+,37+,39+,40-/m1/s1. The molecule has 0 bridgehead atoms. The molecular weight excluding hydrogens is 617 g/mol. The number of nitrogens with zero attached hydrogens (tertiary/aromatic N) is 1. The molecule has 47 heavy (non-hydrogen) atoms. The molecule has 0 aromatic carbocycles. The lowest BCUT2D eigenvalue weighted by Crippen LogP contribution is -2.50. The van der Waals surface area contributed by atoms with Gasteiger partial charge in [-0.1, -0.05) is 87.1 Å². The van der Waals surface area contributed by atoms with Crippen molar-refractivity contribution in [3.8, 4) is 0 Å². The van der Waals surface area contributed by atoms with Crippen molar-refractivity contribution < 1.29 is 4.79 Å². The molecule has 5 nitrogen and oxygen atoms in total. The number of hydrogen-bond acceptors (Lipinski definition) is 6. The Morgan fingerprint density at radius 2 is 1.70 bits per heavy atom.